The van der Waals surface area contributed by atoms with Crippen LogP contribution in [0, 0.1) is 0 Å². The van der Waals surface area contributed by atoms with E-state index in [2.05, 4.69) is 27.6 Å². The molecule has 22 heavy (non-hydrogen) atoms. The van der Waals surface area contributed by atoms with Crippen LogP contribution in [-0.4, -0.2) is 17.4 Å². The van der Waals surface area contributed by atoms with Gasteiger partial charge in [0.1, 0.15) is 0 Å². The fraction of sp³-hybridized carbons (Fsp3) is 0.111. The smallest absolute Gasteiger partial charge is 0.206 e. The van der Waals surface area contributed by atoms with Crippen LogP contribution in [0.25, 0.3) is 11.3 Å². The molecule has 0 fully saturated rings. The summed E-state index contributed by atoms with van der Waals surface area (Å²) >= 11 is 1.61. The minimum absolute atomic E-state index is 0.746. The zero-order valence-electron chi connectivity index (χ0n) is 12.4. The van der Waals surface area contributed by atoms with E-state index in [1.54, 1.807) is 11.3 Å². The third-order valence-corrected chi connectivity index (χ3v) is 4.02. The van der Waals surface area contributed by atoms with Crippen molar-refractivity contribution in [2.24, 2.45) is 10.1 Å². The molecule has 0 bridgehead atoms. The van der Waals surface area contributed by atoms with Crippen molar-refractivity contribution >= 4 is 17.6 Å². The summed E-state index contributed by atoms with van der Waals surface area (Å²) < 4.78 is 1.91. The molecule has 0 radical (unpaired) electrons. The van der Waals surface area contributed by atoms with E-state index >= 15 is 0 Å². The summed E-state index contributed by atoms with van der Waals surface area (Å²) in [7, 11) is 0. The lowest BCUT2D eigenvalue weighted by atomic mass is 10.2. The molecular formula is C18H17N3S. The molecule has 0 spiro atoms. The van der Waals surface area contributed by atoms with Crippen LogP contribution in [0.2, 0.25) is 0 Å². The number of hydrogen-bond acceptors (Lipinski definition) is 3. The largest absolute Gasteiger partial charge is 0.258 e. The monoisotopic (exact) mass is 307 g/mol. The normalized spacial score (nSPS) is 12.1. The number of rotatable bonds is 4. The quantitative estimate of drug-likeness (QED) is 0.652. The van der Waals surface area contributed by atoms with Crippen molar-refractivity contribution in [1.29, 1.82) is 0 Å². The van der Waals surface area contributed by atoms with Crippen molar-refractivity contribution in [1.82, 2.24) is 4.68 Å². The lowest BCUT2D eigenvalue weighted by molar-refractivity contribution is 0.833. The Bertz CT molecular complexity index is 814. The Labute approximate surface area is 133 Å². The highest BCUT2D eigenvalue weighted by Gasteiger charge is 2.06. The predicted molar refractivity (Wildman–Crippen MR) is 93.3 cm³/mol. The van der Waals surface area contributed by atoms with Crippen LogP contribution in [0.5, 0.6) is 0 Å². The molecule has 0 N–H and O–H groups in total. The summed E-state index contributed by atoms with van der Waals surface area (Å²) in [4.78, 5) is 5.44. The molecular weight excluding hydrogens is 290 g/mol. The summed E-state index contributed by atoms with van der Waals surface area (Å²) in [6, 6.07) is 20.4. The van der Waals surface area contributed by atoms with Crippen LogP contribution in [-0.2, 0) is 0 Å². The topological polar surface area (TPSA) is 29.6 Å². The molecule has 0 saturated carbocycles. The summed E-state index contributed by atoms with van der Waals surface area (Å²) in [5.41, 5.74) is 3.27. The van der Waals surface area contributed by atoms with Gasteiger partial charge in [-0.1, -0.05) is 60.7 Å². The van der Waals surface area contributed by atoms with Gasteiger partial charge in [0.05, 0.1) is 11.9 Å². The molecule has 1 heterocycles. The summed E-state index contributed by atoms with van der Waals surface area (Å²) in [5.74, 6) is 0. The average molecular weight is 307 g/mol. The highest BCUT2D eigenvalue weighted by molar-refractivity contribution is 7.07. The molecule has 3 aromatic rings. The molecule has 3 rings (SSSR count). The third-order valence-electron chi connectivity index (χ3n) is 3.17. The standard InChI is InChI=1S/C18H17N3S/c1-2-19-18-21(20-13-15-9-5-3-6-10-15)17(14-22-18)16-11-7-4-8-12-16/h3-14H,2H2,1H3/b19-18?,20-13-. The lowest BCUT2D eigenvalue weighted by Gasteiger charge is -2.03. The van der Waals surface area contributed by atoms with Gasteiger partial charge < -0.3 is 0 Å². The maximum absolute atomic E-state index is 4.64. The second-order valence-electron chi connectivity index (χ2n) is 4.71. The fourth-order valence-corrected chi connectivity index (χ4v) is 3.03. The van der Waals surface area contributed by atoms with Gasteiger partial charge in [0, 0.05) is 17.5 Å². The number of nitrogens with zero attached hydrogens (tertiary/aromatic N) is 3. The van der Waals surface area contributed by atoms with E-state index in [1.807, 2.05) is 66.3 Å². The number of thiazole rings is 1. The van der Waals surface area contributed by atoms with Crippen molar-refractivity contribution in [2.45, 2.75) is 6.92 Å². The van der Waals surface area contributed by atoms with Crippen LogP contribution < -0.4 is 4.80 Å². The van der Waals surface area contributed by atoms with Crippen molar-refractivity contribution in [3.8, 4) is 11.3 Å². The Morgan fingerprint density at radius 3 is 2.36 bits per heavy atom. The van der Waals surface area contributed by atoms with Gasteiger partial charge in [-0.05, 0) is 12.5 Å². The minimum atomic E-state index is 0.746. The SMILES string of the molecule is CCN=c1scc(-c2ccccc2)n1/N=C\c1ccccc1. The highest BCUT2D eigenvalue weighted by atomic mass is 32.1. The lowest BCUT2D eigenvalue weighted by Crippen LogP contribution is -2.12. The second-order valence-corrected chi connectivity index (χ2v) is 5.55. The molecule has 0 unspecified atom stereocenters. The first-order valence-corrected chi connectivity index (χ1v) is 8.12. The van der Waals surface area contributed by atoms with E-state index in [4.69, 9.17) is 0 Å². The second kappa shape index (κ2) is 7.00. The first kappa shape index (κ1) is 14.5. The van der Waals surface area contributed by atoms with Crippen LogP contribution in [0.3, 0.4) is 0 Å². The van der Waals surface area contributed by atoms with Crippen LogP contribution >= 0.6 is 11.3 Å². The summed E-state index contributed by atoms with van der Waals surface area (Å²) in [6.07, 6.45) is 1.87. The van der Waals surface area contributed by atoms with Gasteiger partial charge in [-0.15, -0.1) is 11.3 Å². The molecule has 2 aromatic carbocycles. The van der Waals surface area contributed by atoms with Crippen molar-refractivity contribution in [3.63, 3.8) is 0 Å². The molecule has 0 aliphatic rings. The Morgan fingerprint density at radius 1 is 1.00 bits per heavy atom. The fourth-order valence-electron chi connectivity index (χ4n) is 2.13. The Balaban J connectivity index is 2.07. The number of aromatic nitrogens is 1. The molecule has 1 aromatic heterocycles. The van der Waals surface area contributed by atoms with Crippen LogP contribution in [0.15, 0.2) is 76.1 Å². The van der Waals surface area contributed by atoms with E-state index in [-0.39, 0.29) is 0 Å². The van der Waals surface area contributed by atoms with Crippen molar-refractivity contribution in [2.75, 3.05) is 6.54 Å². The zero-order chi connectivity index (χ0) is 15.2. The van der Waals surface area contributed by atoms with E-state index in [0.29, 0.717) is 0 Å². The molecule has 0 amide bonds. The summed E-state index contributed by atoms with van der Waals surface area (Å²) in [6.45, 7) is 2.78. The van der Waals surface area contributed by atoms with Gasteiger partial charge in [-0.2, -0.15) is 5.10 Å². The first-order chi connectivity index (χ1) is 10.9. The van der Waals surface area contributed by atoms with Gasteiger partial charge in [0.15, 0.2) is 0 Å². The minimum Gasteiger partial charge on any atom is -0.258 e. The van der Waals surface area contributed by atoms with E-state index in [1.165, 1.54) is 0 Å². The zero-order valence-corrected chi connectivity index (χ0v) is 13.2. The van der Waals surface area contributed by atoms with E-state index in [9.17, 15) is 0 Å². The molecule has 110 valence electrons. The maximum atomic E-state index is 4.64. The maximum Gasteiger partial charge on any atom is 0.206 e. The molecule has 3 nitrogen and oxygen atoms in total. The van der Waals surface area contributed by atoms with E-state index in [0.717, 1.165) is 28.2 Å². The summed E-state index contributed by atoms with van der Waals surface area (Å²) in [5, 5.41) is 6.74. The highest BCUT2D eigenvalue weighted by Crippen LogP contribution is 2.19. The molecule has 4 heteroatoms. The van der Waals surface area contributed by atoms with Crippen molar-refractivity contribution in [3.05, 3.63) is 76.4 Å². The van der Waals surface area contributed by atoms with Gasteiger partial charge in [0.25, 0.3) is 0 Å². The molecule has 0 aliphatic carbocycles. The van der Waals surface area contributed by atoms with Crippen LogP contribution in [0.4, 0.5) is 0 Å². The van der Waals surface area contributed by atoms with Gasteiger partial charge >= 0.3 is 0 Å². The van der Waals surface area contributed by atoms with Gasteiger partial charge in [-0.3, -0.25) is 4.99 Å². The van der Waals surface area contributed by atoms with Crippen LogP contribution in [0.1, 0.15) is 12.5 Å². The molecule has 0 aliphatic heterocycles. The van der Waals surface area contributed by atoms with Gasteiger partial charge in [0.2, 0.25) is 4.80 Å². The van der Waals surface area contributed by atoms with E-state index < -0.39 is 0 Å². The Hall–Kier alpha value is -2.46. The van der Waals surface area contributed by atoms with Crippen molar-refractivity contribution < 1.29 is 0 Å². The number of hydrogen-bond donors (Lipinski definition) is 0. The third kappa shape index (κ3) is 3.23. The molecule has 0 saturated heterocycles. The number of benzene rings is 2. The average Bonchev–Trinajstić information content (AvgIpc) is 2.98. The predicted octanol–water partition coefficient (Wildman–Crippen LogP) is 4.02. The Kier molecular flexibility index (Phi) is 4.61. The van der Waals surface area contributed by atoms with Gasteiger partial charge in [-0.25, -0.2) is 4.68 Å². The molecule has 0 atom stereocenters. The Morgan fingerprint density at radius 2 is 1.68 bits per heavy atom. The first-order valence-electron chi connectivity index (χ1n) is 7.24.